The highest BCUT2D eigenvalue weighted by Gasteiger charge is 2.39. The summed E-state index contributed by atoms with van der Waals surface area (Å²) >= 11 is 0. The van der Waals surface area contributed by atoms with Crippen molar-refractivity contribution in [2.45, 2.75) is 44.6 Å². The number of ether oxygens (including phenoxy) is 2. The molecule has 48 heavy (non-hydrogen) atoms. The van der Waals surface area contributed by atoms with Gasteiger partial charge in [0.25, 0.3) is 5.56 Å². The Hall–Kier alpha value is -4.69. The fourth-order valence-corrected chi connectivity index (χ4v) is 4.37. The number of anilines is 3. The molecule has 1 saturated heterocycles. The molecule has 11 nitrogen and oxygen atoms in total. The lowest BCUT2D eigenvalue weighted by Crippen LogP contribution is -2.51. The molecule has 0 spiro atoms. The van der Waals surface area contributed by atoms with Crippen molar-refractivity contribution in [1.82, 2.24) is 19.7 Å². The Morgan fingerprint density at radius 1 is 0.958 bits per heavy atom. The second kappa shape index (κ2) is 14.2. The molecule has 1 unspecified atom stereocenters. The Morgan fingerprint density at radius 3 is 2.25 bits per heavy atom. The van der Waals surface area contributed by atoms with Crippen molar-refractivity contribution >= 4 is 23.2 Å². The third kappa shape index (κ3) is 9.01. The first-order chi connectivity index (χ1) is 22.3. The van der Waals surface area contributed by atoms with E-state index >= 15 is 4.39 Å². The highest BCUT2D eigenvalue weighted by Crippen LogP contribution is 2.33. The van der Waals surface area contributed by atoms with Crippen molar-refractivity contribution in [1.29, 1.82) is 0 Å². The molecule has 1 N–H and O–H groups in total. The number of nitrogens with one attached hydrogen (secondary N) is 1. The van der Waals surface area contributed by atoms with Gasteiger partial charge in [0.05, 0.1) is 42.2 Å². The van der Waals surface area contributed by atoms with Gasteiger partial charge in [0.1, 0.15) is 25.4 Å². The number of nitrogens with zero attached hydrogens (tertiary/aromatic N) is 6. The van der Waals surface area contributed by atoms with E-state index in [9.17, 15) is 49.1 Å². The minimum absolute atomic E-state index is 0.0383. The van der Waals surface area contributed by atoms with E-state index < -0.39 is 85.0 Å². The number of halogens is 10. The third-order valence-electron chi connectivity index (χ3n) is 6.66. The molecular weight excluding hydrogens is 676 g/mol. The standard InChI is InChI=1S/C27H25F10N7O4/c1-15(41-17-11-40-44(14-47-8-5-25(29,30)31)23(46)21(17)27(35,36)37)13-48-19-4-2-3-18(22(19)28)43-7-6-42(12-20(43)45)24-38-9-16(10-39-24)26(32,33)34/h2-4,9-11,15,41H,5-8,12-14H2,1H3. The van der Waals surface area contributed by atoms with E-state index in [2.05, 4.69) is 25.1 Å². The average Bonchev–Trinajstić information content (AvgIpc) is 2.98. The van der Waals surface area contributed by atoms with E-state index in [1.54, 1.807) is 0 Å². The van der Waals surface area contributed by atoms with Gasteiger partial charge in [0.2, 0.25) is 11.9 Å². The molecule has 262 valence electrons. The second-order valence-corrected chi connectivity index (χ2v) is 10.3. The summed E-state index contributed by atoms with van der Waals surface area (Å²) in [4.78, 5) is 35.0. The number of piperazine rings is 1. The van der Waals surface area contributed by atoms with Crippen LogP contribution in [0.4, 0.5) is 61.2 Å². The summed E-state index contributed by atoms with van der Waals surface area (Å²) in [6.07, 6.45) is -14.0. The molecule has 1 fully saturated rings. The van der Waals surface area contributed by atoms with Crippen LogP contribution in [-0.4, -0.2) is 70.7 Å². The summed E-state index contributed by atoms with van der Waals surface area (Å²) in [5, 5.41) is 5.92. The smallest absolute Gasteiger partial charge is 0.423 e. The summed E-state index contributed by atoms with van der Waals surface area (Å²) < 4.78 is 142. The molecule has 0 aliphatic carbocycles. The van der Waals surface area contributed by atoms with Crippen molar-refractivity contribution in [2.24, 2.45) is 0 Å². The molecule has 1 atom stereocenters. The molecule has 0 bridgehead atoms. The number of carbonyl (C=O) groups excluding carboxylic acids is 1. The van der Waals surface area contributed by atoms with Crippen molar-refractivity contribution in [2.75, 3.05) is 48.0 Å². The maximum absolute atomic E-state index is 15.4. The minimum Gasteiger partial charge on any atom is -0.488 e. The molecule has 2 aromatic heterocycles. The molecule has 1 aliphatic heterocycles. The van der Waals surface area contributed by atoms with Crippen molar-refractivity contribution in [3.8, 4) is 5.75 Å². The molecule has 3 aromatic rings. The van der Waals surface area contributed by atoms with E-state index in [0.717, 1.165) is 4.90 Å². The number of alkyl halides is 9. The molecule has 0 radical (unpaired) electrons. The molecule has 4 rings (SSSR count). The SMILES string of the molecule is CC(COc1cccc(N2CCN(c3ncc(C(F)(F)F)cn3)CC2=O)c1F)Nc1cnn(COCCC(F)(F)F)c(=O)c1C(F)(F)F. The lowest BCUT2D eigenvalue weighted by atomic mass is 10.2. The van der Waals surface area contributed by atoms with E-state index in [-0.39, 0.29) is 41.7 Å². The van der Waals surface area contributed by atoms with Gasteiger partial charge >= 0.3 is 18.5 Å². The zero-order valence-electron chi connectivity index (χ0n) is 24.6. The molecule has 1 aliphatic rings. The molecule has 1 amide bonds. The number of benzene rings is 1. The van der Waals surface area contributed by atoms with E-state index in [1.165, 1.54) is 30.0 Å². The maximum Gasteiger partial charge on any atom is 0.423 e. The first-order valence-electron chi connectivity index (χ1n) is 13.8. The van der Waals surface area contributed by atoms with Crippen LogP contribution in [0.3, 0.4) is 0 Å². The van der Waals surface area contributed by atoms with E-state index in [4.69, 9.17) is 4.74 Å². The van der Waals surface area contributed by atoms with Crippen molar-refractivity contribution < 1.29 is 58.2 Å². The van der Waals surface area contributed by atoms with Crippen LogP contribution < -0.4 is 25.4 Å². The van der Waals surface area contributed by atoms with Crippen LogP contribution in [0.1, 0.15) is 24.5 Å². The summed E-state index contributed by atoms with van der Waals surface area (Å²) in [5.41, 5.74) is -5.42. The quantitative estimate of drug-likeness (QED) is 0.221. The Bertz CT molecular complexity index is 1650. The van der Waals surface area contributed by atoms with Crippen LogP contribution in [-0.2, 0) is 28.6 Å². The van der Waals surface area contributed by atoms with Gasteiger partial charge in [-0.3, -0.25) is 9.59 Å². The maximum atomic E-state index is 15.4. The van der Waals surface area contributed by atoms with Gasteiger partial charge in [0.15, 0.2) is 11.6 Å². The molecule has 3 heterocycles. The largest absolute Gasteiger partial charge is 0.488 e. The molecular formula is C27H25F10N7O4. The van der Waals surface area contributed by atoms with Crippen LogP contribution in [0, 0.1) is 5.82 Å². The van der Waals surface area contributed by atoms with Crippen LogP contribution in [0.15, 0.2) is 41.6 Å². The molecule has 0 saturated carbocycles. The van der Waals surface area contributed by atoms with Crippen molar-refractivity contribution in [3.63, 3.8) is 0 Å². The Morgan fingerprint density at radius 2 is 1.65 bits per heavy atom. The van der Waals surface area contributed by atoms with Crippen LogP contribution in [0.25, 0.3) is 0 Å². The predicted molar refractivity (Wildman–Crippen MR) is 147 cm³/mol. The second-order valence-electron chi connectivity index (χ2n) is 10.3. The zero-order valence-corrected chi connectivity index (χ0v) is 24.6. The highest BCUT2D eigenvalue weighted by molar-refractivity contribution is 5.97. The van der Waals surface area contributed by atoms with Gasteiger partial charge in [0, 0.05) is 25.5 Å². The minimum atomic E-state index is -5.20. The first kappa shape index (κ1) is 36.2. The number of amides is 1. The van der Waals surface area contributed by atoms with Gasteiger partial charge in [-0.2, -0.15) is 44.6 Å². The van der Waals surface area contributed by atoms with Crippen LogP contribution in [0.2, 0.25) is 0 Å². The molecule has 21 heteroatoms. The Balaban J connectivity index is 1.39. The van der Waals surface area contributed by atoms with Gasteiger partial charge in [-0.05, 0) is 19.1 Å². The lowest BCUT2D eigenvalue weighted by molar-refractivity contribution is -0.148. The number of rotatable bonds is 11. The summed E-state index contributed by atoms with van der Waals surface area (Å²) in [5.74, 6) is -2.12. The number of carbonyl (C=O) groups is 1. The van der Waals surface area contributed by atoms with Gasteiger partial charge < -0.3 is 24.6 Å². The summed E-state index contributed by atoms with van der Waals surface area (Å²) in [6.45, 7) is -1.43. The fourth-order valence-electron chi connectivity index (χ4n) is 4.37. The van der Waals surface area contributed by atoms with Gasteiger partial charge in [-0.1, -0.05) is 6.07 Å². The number of aromatic nitrogens is 4. The topological polar surface area (TPSA) is 115 Å². The fraction of sp³-hybridized carbons (Fsp3) is 0.444. The average molecular weight is 702 g/mol. The Kier molecular flexibility index (Phi) is 10.7. The van der Waals surface area contributed by atoms with E-state index in [0.29, 0.717) is 18.6 Å². The highest BCUT2D eigenvalue weighted by atomic mass is 19.4. The first-order valence-corrected chi connectivity index (χ1v) is 13.8. The van der Waals surface area contributed by atoms with Crippen LogP contribution in [0.5, 0.6) is 5.75 Å². The van der Waals surface area contributed by atoms with Gasteiger partial charge in [-0.25, -0.2) is 19.0 Å². The van der Waals surface area contributed by atoms with Crippen LogP contribution >= 0.6 is 0 Å². The normalized spacial score (nSPS) is 15.1. The monoisotopic (exact) mass is 701 g/mol. The molecule has 1 aromatic carbocycles. The third-order valence-corrected chi connectivity index (χ3v) is 6.66. The number of hydrogen-bond acceptors (Lipinski definition) is 9. The number of hydrogen-bond donors (Lipinski definition) is 1. The summed E-state index contributed by atoms with van der Waals surface area (Å²) in [6, 6.07) is 2.83. The Labute approximate surface area is 264 Å². The summed E-state index contributed by atoms with van der Waals surface area (Å²) in [7, 11) is 0. The van der Waals surface area contributed by atoms with E-state index in [1.807, 2.05) is 0 Å². The zero-order chi connectivity index (χ0) is 35.4. The lowest BCUT2D eigenvalue weighted by Gasteiger charge is -2.34. The van der Waals surface area contributed by atoms with Crippen molar-refractivity contribution in [3.05, 3.63) is 64.1 Å². The van der Waals surface area contributed by atoms with Gasteiger partial charge in [-0.15, -0.1) is 0 Å². The predicted octanol–water partition coefficient (Wildman–Crippen LogP) is 4.87.